The number of hydrogen-bond acceptors (Lipinski definition) is 3. The van der Waals surface area contributed by atoms with E-state index in [-0.39, 0.29) is 5.91 Å². The molecule has 2 aromatic carbocycles. The van der Waals surface area contributed by atoms with Crippen LogP contribution in [0.1, 0.15) is 23.1 Å². The molecule has 1 amide bonds. The van der Waals surface area contributed by atoms with E-state index in [1.54, 1.807) is 7.11 Å². The SMILES string of the molecule is COc1ccc(C)cc1NCCC(=O)Nc1ccc(C)cc1C. The molecule has 2 aromatic rings. The van der Waals surface area contributed by atoms with Gasteiger partial charge in [0.15, 0.2) is 0 Å². The minimum absolute atomic E-state index is 0.00364. The number of anilines is 2. The van der Waals surface area contributed by atoms with Crippen LogP contribution >= 0.6 is 0 Å². The molecule has 2 N–H and O–H groups in total. The smallest absolute Gasteiger partial charge is 0.226 e. The van der Waals surface area contributed by atoms with E-state index in [2.05, 4.69) is 16.7 Å². The van der Waals surface area contributed by atoms with Crippen molar-refractivity contribution in [3.8, 4) is 5.75 Å². The molecule has 0 heterocycles. The lowest BCUT2D eigenvalue weighted by atomic mass is 10.1. The van der Waals surface area contributed by atoms with Crippen molar-refractivity contribution in [1.29, 1.82) is 0 Å². The minimum atomic E-state index is -0.00364. The fourth-order valence-corrected chi connectivity index (χ4v) is 2.44. The van der Waals surface area contributed by atoms with Gasteiger partial charge in [0.2, 0.25) is 5.91 Å². The monoisotopic (exact) mass is 312 g/mol. The summed E-state index contributed by atoms with van der Waals surface area (Å²) in [5, 5.41) is 6.21. The first kappa shape index (κ1) is 16.9. The van der Waals surface area contributed by atoms with Crippen molar-refractivity contribution in [3.05, 3.63) is 53.1 Å². The van der Waals surface area contributed by atoms with Gasteiger partial charge in [0.25, 0.3) is 0 Å². The van der Waals surface area contributed by atoms with Gasteiger partial charge in [-0.2, -0.15) is 0 Å². The first-order valence-electron chi connectivity index (χ1n) is 7.75. The zero-order valence-corrected chi connectivity index (χ0v) is 14.2. The Balaban J connectivity index is 1.89. The summed E-state index contributed by atoms with van der Waals surface area (Å²) in [6, 6.07) is 11.9. The van der Waals surface area contributed by atoms with E-state index < -0.39 is 0 Å². The van der Waals surface area contributed by atoms with Gasteiger partial charge in [-0.15, -0.1) is 0 Å². The highest BCUT2D eigenvalue weighted by Gasteiger charge is 2.07. The molecule has 0 atom stereocenters. The molecule has 0 spiro atoms. The molecule has 0 saturated heterocycles. The third kappa shape index (κ3) is 4.74. The van der Waals surface area contributed by atoms with Crippen LogP contribution in [0.15, 0.2) is 36.4 Å². The summed E-state index contributed by atoms with van der Waals surface area (Å²) in [7, 11) is 1.64. The topological polar surface area (TPSA) is 50.4 Å². The molecule has 122 valence electrons. The molecule has 0 aliphatic heterocycles. The van der Waals surface area contributed by atoms with E-state index >= 15 is 0 Å². The average molecular weight is 312 g/mol. The molecule has 2 rings (SSSR count). The van der Waals surface area contributed by atoms with Crippen molar-refractivity contribution < 1.29 is 9.53 Å². The van der Waals surface area contributed by atoms with Crippen molar-refractivity contribution in [2.75, 3.05) is 24.3 Å². The molecule has 0 fully saturated rings. The highest BCUT2D eigenvalue weighted by Crippen LogP contribution is 2.25. The lowest BCUT2D eigenvalue weighted by Gasteiger charge is -2.13. The number of amides is 1. The number of ether oxygens (including phenoxy) is 1. The predicted octanol–water partition coefficient (Wildman–Crippen LogP) is 4.06. The maximum Gasteiger partial charge on any atom is 0.226 e. The number of aryl methyl sites for hydroxylation is 3. The summed E-state index contributed by atoms with van der Waals surface area (Å²) in [4.78, 5) is 12.1. The Morgan fingerprint density at radius 2 is 1.70 bits per heavy atom. The van der Waals surface area contributed by atoms with Gasteiger partial charge in [-0.05, 0) is 50.1 Å². The van der Waals surface area contributed by atoms with Gasteiger partial charge in [0, 0.05) is 18.7 Å². The molecule has 0 radical (unpaired) electrons. The summed E-state index contributed by atoms with van der Waals surface area (Å²) in [5.74, 6) is 0.779. The normalized spacial score (nSPS) is 10.3. The molecule has 0 aromatic heterocycles. The number of benzene rings is 2. The molecular formula is C19H24N2O2. The van der Waals surface area contributed by atoms with Crippen molar-refractivity contribution in [2.24, 2.45) is 0 Å². The fourth-order valence-electron chi connectivity index (χ4n) is 2.44. The van der Waals surface area contributed by atoms with Crippen LogP contribution in [0.2, 0.25) is 0 Å². The van der Waals surface area contributed by atoms with Gasteiger partial charge in [-0.25, -0.2) is 0 Å². The van der Waals surface area contributed by atoms with Crippen LogP contribution in [0.25, 0.3) is 0 Å². The van der Waals surface area contributed by atoms with Gasteiger partial charge in [-0.1, -0.05) is 23.8 Å². The van der Waals surface area contributed by atoms with Crippen LogP contribution in [0, 0.1) is 20.8 Å². The van der Waals surface area contributed by atoms with Crippen LogP contribution in [-0.2, 0) is 4.79 Å². The Morgan fingerprint density at radius 1 is 1.00 bits per heavy atom. The average Bonchev–Trinajstić information content (AvgIpc) is 2.50. The molecule has 23 heavy (non-hydrogen) atoms. The highest BCUT2D eigenvalue weighted by atomic mass is 16.5. The first-order valence-corrected chi connectivity index (χ1v) is 7.75. The van der Waals surface area contributed by atoms with Crippen LogP contribution in [0.5, 0.6) is 5.75 Å². The Labute approximate surface area is 137 Å². The number of rotatable bonds is 6. The Kier molecular flexibility index (Phi) is 5.63. The molecule has 0 aliphatic rings. The maximum atomic E-state index is 12.1. The Bertz CT molecular complexity index is 696. The van der Waals surface area contributed by atoms with E-state index in [0.29, 0.717) is 13.0 Å². The molecule has 4 heteroatoms. The number of carbonyl (C=O) groups excluding carboxylic acids is 1. The number of methoxy groups -OCH3 is 1. The summed E-state index contributed by atoms with van der Waals surface area (Å²) in [6.07, 6.45) is 0.393. The third-order valence-corrected chi connectivity index (χ3v) is 3.68. The van der Waals surface area contributed by atoms with Gasteiger partial charge in [0.05, 0.1) is 12.8 Å². The number of nitrogens with one attached hydrogen (secondary N) is 2. The van der Waals surface area contributed by atoms with Crippen LogP contribution in [0.3, 0.4) is 0 Å². The zero-order valence-electron chi connectivity index (χ0n) is 14.2. The number of hydrogen-bond donors (Lipinski definition) is 2. The standard InChI is InChI=1S/C19H24N2O2/c1-13-5-7-16(15(3)11-13)21-19(22)9-10-20-17-12-14(2)6-8-18(17)23-4/h5-8,11-12,20H,9-10H2,1-4H3,(H,21,22). The Morgan fingerprint density at radius 3 is 2.39 bits per heavy atom. The molecular weight excluding hydrogens is 288 g/mol. The minimum Gasteiger partial charge on any atom is -0.495 e. The van der Waals surface area contributed by atoms with Crippen LogP contribution in [-0.4, -0.2) is 19.6 Å². The van der Waals surface area contributed by atoms with Crippen molar-refractivity contribution in [3.63, 3.8) is 0 Å². The molecule has 0 unspecified atom stereocenters. The first-order chi connectivity index (χ1) is 11.0. The van der Waals surface area contributed by atoms with Gasteiger partial charge in [-0.3, -0.25) is 4.79 Å². The summed E-state index contributed by atoms with van der Waals surface area (Å²) < 4.78 is 5.32. The summed E-state index contributed by atoms with van der Waals surface area (Å²) in [5.41, 5.74) is 5.19. The molecule has 4 nitrogen and oxygen atoms in total. The highest BCUT2D eigenvalue weighted by molar-refractivity contribution is 5.91. The lowest BCUT2D eigenvalue weighted by molar-refractivity contribution is -0.115. The van der Waals surface area contributed by atoms with Gasteiger partial charge in [0.1, 0.15) is 5.75 Å². The van der Waals surface area contributed by atoms with E-state index in [1.165, 1.54) is 5.56 Å². The van der Waals surface area contributed by atoms with Crippen LogP contribution < -0.4 is 15.4 Å². The Hall–Kier alpha value is -2.49. The summed E-state index contributed by atoms with van der Waals surface area (Å²) in [6.45, 7) is 6.62. The predicted molar refractivity (Wildman–Crippen MR) is 95.4 cm³/mol. The quantitative estimate of drug-likeness (QED) is 0.845. The van der Waals surface area contributed by atoms with E-state index in [0.717, 1.165) is 28.3 Å². The molecule has 0 bridgehead atoms. The van der Waals surface area contributed by atoms with Gasteiger partial charge < -0.3 is 15.4 Å². The van der Waals surface area contributed by atoms with E-state index in [4.69, 9.17) is 4.74 Å². The van der Waals surface area contributed by atoms with Crippen molar-refractivity contribution >= 4 is 17.3 Å². The molecule has 0 saturated carbocycles. The second-order valence-electron chi connectivity index (χ2n) is 5.75. The van der Waals surface area contributed by atoms with E-state index in [1.807, 2.05) is 51.1 Å². The largest absolute Gasteiger partial charge is 0.495 e. The number of carbonyl (C=O) groups is 1. The van der Waals surface area contributed by atoms with Crippen LogP contribution in [0.4, 0.5) is 11.4 Å². The maximum absolute atomic E-state index is 12.1. The molecule has 0 aliphatic carbocycles. The van der Waals surface area contributed by atoms with Crippen molar-refractivity contribution in [1.82, 2.24) is 0 Å². The second-order valence-corrected chi connectivity index (χ2v) is 5.75. The third-order valence-electron chi connectivity index (χ3n) is 3.68. The fraction of sp³-hybridized carbons (Fsp3) is 0.316. The van der Waals surface area contributed by atoms with E-state index in [9.17, 15) is 4.79 Å². The van der Waals surface area contributed by atoms with Crippen molar-refractivity contribution in [2.45, 2.75) is 27.2 Å². The zero-order chi connectivity index (χ0) is 16.8. The summed E-state index contributed by atoms with van der Waals surface area (Å²) >= 11 is 0. The second kappa shape index (κ2) is 7.68. The lowest BCUT2D eigenvalue weighted by Crippen LogP contribution is -2.17. The van der Waals surface area contributed by atoms with Gasteiger partial charge >= 0.3 is 0 Å².